The Morgan fingerprint density at radius 1 is 0.200 bits per heavy atom. The van der Waals surface area contributed by atoms with Crippen LogP contribution in [0.4, 0.5) is 0 Å². The van der Waals surface area contributed by atoms with Gasteiger partial charge in [0.2, 0.25) is 0 Å². The molecule has 13 aromatic carbocycles. The summed E-state index contributed by atoms with van der Waals surface area (Å²) < 4.78 is 0. The van der Waals surface area contributed by atoms with Crippen LogP contribution in [0.1, 0.15) is 11.1 Å². The normalized spacial score (nSPS) is 10.9. The highest BCUT2D eigenvalue weighted by Crippen LogP contribution is 2.39. The van der Waals surface area contributed by atoms with Crippen LogP contribution in [0.3, 0.4) is 0 Å². The lowest BCUT2D eigenvalue weighted by atomic mass is 9.80. The van der Waals surface area contributed by atoms with Crippen LogP contribution in [-0.4, -0.2) is 62.0 Å². The van der Waals surface area contributed by atoms with Crippen LogP contribution in [0.15, 0.2) is 389 Å². The molecule has 0 spiro atoms. The van der Waals surface area contributed by atoms with Crippen molar-refractivity contribution in [3.8, 4) is 169 Å². The van der Waals surface area contributed by atoms with Crippen LogP contribution < -0.4 is 5.46 Å². The van der Waals surface area contributed by atoms with Crippen LogP contribution >= 0.6 is 23.2 Å². The third-order valence-corrected chi connectivity index (χ3v) is 20.0. The zero-order chi connectivity index (χ0) is 78.4. The van der Waals surface area contributed by atoms with Crippen LogP contribution in [0.25, 0.3) is 169 Å². The van der Waals surface area contributed by atoms with E-state index in [2.05, 4.69) is 235 Å². The van der Waals surface area contributed by atoms with Crippen molar-refractivity contribution in [2.45, 2.75) is 13.8 Å². The third kappa shape index (κ3) is 18.4. The monoisotopic (exact) mass is 1520 g/mol. The summed E-state index contributed by atoms with van der Waals surface area (Å²) in [5, 5.41) is 19.1. The molecular weight excluding hydrogens is 1450 g/mol. The van der Waals surface area contributed by atoms with E-state index in [1.807, 2.05) is 164 Å². The van der Waals surface area contributed by atoms with Gasteiger partial charge in [0.25, 0.3) is 0 Å². The second kappa shape index (κ2) is 35.1. The zero-order valence-corrected chi connectivity index (χ0v) is 64.2. The summed E-state index contributed by atoms with van der Waals surface area (Å²) in [5.41, 5.74) is 26.7. The third-order valence-electron chi connectivity index (χ3n) is 19.5. The van der Waals surface area contributed by atoms with Crippen molar-refractivity contribution in [2.75, 3.05) is 0 Å². The lowest BCUT2D eigenvalue weighted by molar-refractivity contribution is 0.426. The molecule has 0 bridgehead atoms. The van der Waals surface area contributed by atoms with Crippen LogP contribution in [0.5, 0.6) is 0 Å². The summed E-state index contributed by atoms with van der Waals surface area (Å²) in [7, 11) is -1.41. The fourth-order valence-corrected chi connectivity index (χ4v) is 14.0. The van der Waals surface area contributed by atoms with Crippen molar-refractivity contribution in [3.05, 3.63) is 410 Å². The van der Waals surface area contributed by atoms with Gasteiger partial charge in [0, 0.05) is 78.7 Å². The Labute approximate surface area is 678 Å². The van der Waals surface area contributed by atoms with E-state index in [9.17, 15) is 0 Å². The predicted octanol–water partition coefficient (Wildman–Crippen LogP) is 24.2. The van der Waals surface area contributed by atoms with Gasteiger partial charge in [-0.25, -0.2) is 29.9 Å². The second-order valence-corrected chi connectivity index (χ2v) is 28.5. The highest BCUT2D eigenvalue weighted by molar-refractivity contribution is 6.58. The molecule has 550 valence electrons. The molecule has 5 heterocycles. The molecule has 18 aromatic rings. The molecule has 0 aliphatic heterocycles. The fraction of sp³-hybridized carbons (Fsp3) is 0.0198. The van der Waals surface area contributed by atoms with Gasteiger partial charge in [0.1, 0.15) is 0 Å². The molecule has 0 fully saturated rings. The van der Waals surface area contributed by atoms with Gasteiger partial charge in [-0.05, 0) is 195 Å². The molecule has 0 saturated carbocycles. The van der Waals surface area contributed by atoms with Crippen molar-refractivity contribution in [2.24, 2.45) is 0 Å². The number of aryl methyl sites for hydroxylation is 2. The number of benzene rings is 13. The van der Waals surface area contributed by atoms with Crippen molar-refractivity contribution in [1.82, 2.24) is 44.9 Å². The average molecular weight is 1530 g/mol. The maximum atomic E-state index is 8.93. The zero-order valence-electron chi connectivity index (χ0n) is 62.7. The minimum Gasteiger partial charge on any atom is -0.423 e. The first-order valence-corrected chi connectivity index (χ1v) is 38.4. The first kappa shape index (κ1) is 75.0. The summed E-state index contributed by atoms with van der Waals surface area (Å²) >= 11 is 13.2. The minimum absolute atomic E-state index is 0.481. The van der Waals surface area contributed by atoms with E-state index in [0.29, 0.717) is 50.5 Å². The quantitative estimate of drug-likeness (QED) is 0.0888. The van der Waals surface area contributed by atoms with E-state index < -0.39 is 7.12 Å². The Hall–Kier alpha value is -14.1. The van der Waals surface area contributed by atoms with E-state index in [-0.39, 0.29) is 0 Å². The topological polar surface area (TPSA) is 156 Å². The Kier molecular flexibility index (Phi) is 22.9. The largest absolute Gasteiger partial charge is 0.488 e. The first-order valence-electron chi connectivity index (χ1n) is 37.6. The van der Waals surface area contributed by atoms with Crippen LogP contribution in [0, 0.1) is 13.8 Å². The predicted molar refractivity (Wildman–Crippen MR) is 470 cm³/mol. The van der Waals surface area contributed by atoms with Gasteiger partial charge in [-0.15, -0.1) is 0 Å². The first-order chi connectivity index (χ1) is 56.4. The molecular formula is C101H72BCl2N9O2. The van der Waals surface area contributed by atoms with Gasteiger partial charge >= 0.3 is 7.12 Å². The van der Waals surface area contributed by atoms with Gasteiger partial charge in [-0.1, -0.05) is 295 Å². The van der Waals surface area contributed by atoms with E-state index in [4.69, 9.17) is 63.2 Å². The molecule has 0 radical (unpaired) electrons. The highest BCUT2D eigenvalue weighted by Gasteiger charge is 2.20. The summed E-state index contributed by atoms with van der Waals surface area (Å²) in [5.74, 6) is 3.45. The second-order valence-electron chi connectivity index (χ2n) is 27.7. The van der Waals surface area contributed by atoms with E-state index in [0.717, 1.165) is 139 Å². The van der Waals surface area contributed by atoms with Crippen molar-refractivity contribution < 1.29 is 10.0 Å². The fourth-order valence-electron chi connectivity index (χ4n) is 13.5. The molecule has 18 rings (SSSR count). The summed E-state index contributed by atoms with van der Waals surface area (Å²) in [4.78, 5) is 43.8. The van der Waals surface area contributed by atoms with Gasteiger partial charge < -0.3 is 10.0 Å². The van der Waals surface area contributed by atoms with Gasteiger partial charge in [-0.2, -0.15) is 0 Å². The number of pyridine rings is 3. The van der Waals surface area contributed by atoms with Gasteiger partial charge in [0.15, 0.2) is 34.9 Å². The van der Waals surface area contributed by atoms with Gasteiger partial charge in [-0.3, -0.25) is 15.0 Å². The smallest absolute Gasteiger partial charge is 0.423 e. The van der Waals surface area contributed by atoms with E-state index in [1.165, 1.54) is 5.56 Å². The van der Waals surface area contributed by atoms with Gasteiger partial charge in [0.05, 0.1) is 17.1 Å². The Morgan fingerprint density at radius 2 is 0.409 bits per heavy atom. The Bertz CT molecular complexity index is 6050. The lowest BCUT2D eigenvalue weighted by Crippen LogP contribution is -2.29. The van der Waals surface area contributed by atoms with E-state index in [1.54, 1.807) is 18.3 Å². The summed E-state index contributed by atoms with van der Waals surface area (Å²) in [6, 6.07) is 125. The number of hydrogen-bond acceptors (Lipinski definition) is 11. The number of nitrogens with zero attached hydrogens (tertiary/aromatic N) is 9. The molecule has 5 aromatic heterocycles. The molecule has 2 N–H and O–H groups in total. The van der Waals surface area contributed by atoms with Crippen molar-refractivity contribution >= 4 is 35.8 Å². The average Bonchev–Trinajstić information content (AvgIpc) is 0.778. The summed E-state index contributed by atoms with van der Waals surface area (Å²) in [6.45, 7) is 4.15. The number of rotatable bonds is 16. The van der Waals surface area contributed by atoms with Crippen molar-refractivity contribution in [1.29, 1.82) is 0 Å². The molecule has 0 amide bonds. The SMILES string of the molecule is Cc1ccc(-c2nc(-c3cc(-c4ccccc4)cc(-c4ccc(-c5ccccn5)cc4)c3)nc(-c3cc(-c4ccccc4)cc(-c4ccc(-c5ccccn5)cc4)c3)n2)cc1.Cc1ccc(-c2nc(-c3cc(Cl)cc(-c4ccccc4)c3)nc(-c3cc(Cl)cc(-c4ccccc4)c3)n2)cc1.OB(O)c1ccc(-c2ccccn2)cc1. The maximum Gasteiger partial charge on any atom is 0.488 e. The molecule has 0 saturated heterocycles. The lowest BCUT2D eigenvalue weighted by Gasteiger charge is -2.14. The number of hydrogen-bond donors (Lipinski definition) is 2. The van der Waals surface area contributed by atoms with Crippen LogP contribution in [-0.2, 0) is 0 Å². The molecule has 0 aliphatic carbocycles. The Morgan fingerprint density at radius 3 is 0.678 bits per heavy atom. The maximum absolute atomic E-state index is 8.93. The molecule has 11 nitrogen and oxygen atoms in total. The molecule has 0 atom stereocenters. The van der Waals surface area contributed by atoms with Crippen LogP contribution in [0.2, 0.25) is 10.0 Å². The minimum atomic E-state index is -1.41. The standard InChI is InChI=1S/C56H39N5.C34H23Cl2N3.C11H10BNO2/c1-38-18-20-45(21-19-38)54-59-55(50-34-46(39-12-4-2-5-13-39)32-48(36-50)41-22-26-43(27-23-41)52-16-8-10-30-57-52)61-56(60-54)51-35-47(40-14-6-3-7-15-40)33-49(37-51)42-24-28-44(29-25-42)53-17-9-11-31-58-53;1-22-12-14-25(15-13-22)32-37-33(28-16-26(18-30(35)20-28)23-8-4-2-5-9-23)39-34(38-32)29-17-27(19-31(36)21-29)24-10-6-3-7-11-24;14-12(15)10-6-4-9(5-7-10)11-3-1-2-8-13-11/h2-37H,1H3;2-21H,1H3;1-8,14-15H. The summed E-state index contributed by atoms with van der Waals surface area (Å²) in [6.07, 6.45) is 5.38. The molecule has 0 aliphatic rings. The number of halogens is 2. The molecule has 115 heavy (non-hydrogen) atoms. The molecule has 14 heteroatoms. The highest BCUT2D eigenvalue weighted by atomic mass is 35.5. The molecule has 0 unspecified atom stereocenters. The van der Waals surface area contributed by atoms with E-state index >= 15 is 0 Å². The van der Waals surface area contributed by atoms with Crippen molar-refractivity contribution in [3.63, 3.8) is 0 Å². The Balaban J connectivity index is 0.000000156. The number of aromatic nitrogens is 9.